The van der Waals surface area contributed by atoms with Crippen molar-refractivity contribution in [3.63, 3.8) is 0 Å². The summed E-state index contributed by atoms with van der Waals surface area (Å²) in [5.74, 6) is -1.00. The van der Waals surface area contributed by atoms with Crippen LogP contribution in [0.25, 0.3) is 0 Å². The van der Waals surface area contributed by atoms with E-state index in [0.717, 1.165) is 5.56 Å². The van der Waals surface area contributed by atoms with Gasteiger partial charge in [0.2, 0.25) is 5.91 Å². The van der Waals surface area contributed by atoms with Gasteiger partial charge in [-0.05, 0) is 37.3 Å². The van der Waals surface area contributed by atoms with Gasteiger partial charge in [0.1, 0.15) is 0 Å². The molecule has 5 nitrogen and oxygen atoms in total. The minimum absolute atomic E-state index is 0.256. The second kappa shape index (κ2) is 5.85. The predicted molar refractivity (Wildman–Crippen MR) is 83.5 cm³/mol. The number of primary amides is 1. The number of nitrogens with one attached hydrogen (secondary N) is 1. The number of nitrogen functional groups attached to an aromatic ring is 1. The summed E-state index contributed by atoms with van der Waals surface area (Å²) in [6, 6.07) is 9.56. The third-order valence-electron chi connectivity index (χ3n) is 2.95. The molecule has 0 aliphatic rings. The van der Waals surface area contributed by atoms with E-state index in [0.29, 0.717) is 22.0 Å². The fourth-order valence-electron chi connectivity index (χ4n) is 1.83. The number of hydrogen-bond acceptors (Lipinski definition) is 3. The van der Waals surface area contributed by atoms with Crippen LogP contribution in [0.2, 0.25) is 5.02 Å². The maximum absolute atomic E-state index is 12.3. The molecule has 2 aromatic carbocycles. The molecule has 0 bridgehead atoms. The standard InChI is InChI=1S/C15H14ClN3O2/c1-8-2-5-12(17)10(6-8)15(21)19-13-7-9(14(18)20)3-4-11(13)16/h2-7H,17H2,1H3,(H2,18,20)(H,19,21). The Morgan fingerprint density at radius 3 is 2.52 bits per heavy atom. The lowest BCUT2D eigenvalue weighted by molar-refractivity contribution is 0.0996. The van der Waals surface area contributed by atoms with Crippen LogP contribution in [0.15, 0.2) is 36.4 Å². The fraction of sp³-hybridized carbons (Fsp3) is 0.0667. The SMILES string of the molecule is Cc1ccc(N)c(C(=O)Nc2cc(C(N)=O)ccc2Cl)c1. The molecule has 5 N–H and O–H groups in total. The average Bonchev–Trinajstić information content (AvgIpc) is 2.43. The first-order valence-electron chi connectivity index (χ1n) is 6.15. The van der Waals surface area contributed by atoms with Crippen molar-refractivity contribution >= 4 is 34.8 Å². The van der Waals surface area contributed by atoms with Crippen molar-refractivity contribution in [2.45, 2.75) is 6.92 Å². The molecular formula is C15H14ClN3O2. The molecule has 6 heteroatoms. The van der Waals surface area contributed by atoms with Gasteiger partial charge >= 0.3 is 0 Å². The van der Waals surface area contributed by atoms with Crippen LogP contribution in [0.3, 0.4) is 0 Å². The summed E-state index contributed by atoms with van der Waals surface area (Å²) in [5.41, 5.74) is 13.2. The van der Waals surface area contributed by atoms with Crippen molar-refractivity contribution in [1.82, 2.24) is 0 Å². The van der Waals surface area contributed by atoms with Crippen molar-refractivity contribution < 1.29 is 9.59 Å². The van der Waals surface area contributed by atoms with Gasteiger partial charge in [-0.2, -0.15) is 0 Å². The van der Waals surface area contributed by atoms with Gasteiger partial charge in [0, 0.05) is 11.3 Å². The van der Waals surface area contributed by atoms with E-state index < -0.39 is 11.8 Å². The van der Waals surface area contributed by atoms with Crippen LogP contribution in [-0.4, -0.2) is 11.8 Å². The number of halogens is 1. The van der Waals surface area contributed by atoms with Gasteiger partial charge < -0.3 is 16.8 Å². The van der Waals surface area contributed by atoms with E-state index in [-0.39, 0.29) is 5.56 Å². The van der Waals surface area contributed by atoms with Gasteiger partial charge in [-0.25, -0.2) is 0 Å². The molecule has 2 amide bonds. The second-order valence-corrected chi connectivity index (χ2v) is 5.01. The quantitative estimate of drug-likeness (QED) is 0.760. The predicted octanol–water partition coefficient (Wildman–Crippen LogP) is 2.58. The van der Waals surface area contributed by atoms with Gasteiger partial charge in [0.05, 0.1) is 16.3 Å². The number of carbonyl (C=O) groups is 2. The summed E-state index contributed by atoms with van der Waals surface area (Å²) >= 11 is 6.01. The van der Waals surface area contributed by atoms with Gasteiger partial charge in [-0.1, -0.05) is 23.2 Å². The van der Waals surface area contributed by atoms with Crippen LogP contribution in [0, 0.1) is 6.92 Å². The van der Waals surface area contributed by atoms with Crippen LogP contribution in [0.1, 0.15) is 26.3 Å². The highest BCUT2D eigenvalue weighted by Crippen LogP contribution is 2.24. The molecular weight excluding hydrogens is 290 g/mol. The largest absolute Gasteiger partial charge is 0.398 e. The number of rotatable bonds is 3. The van der Waals surface area contributed by atoms with Crippen molar-refractivity contribution in [3.8, 4) is 0 Å². The monoisotopic (exact) mass is 303 g/mol. The highest BCUT2D eigenvalue weighted by atomic mass is 35.5. The fourth-order valence-corrected chi connectivity index (χ4v) is 2.00. The maximum Gasteiger partial charge on any atom is 0.257 e. The zero-order valence-electron chi connectivity index (χ0n) is 11.3. The van der Waals surface area contributed by atoms with Crippen molar-refractivity contribution in [2.24, 2.45) is 5.73 Å². The number of nitrogens with two attached hydrogens (primary N) is 2. The zero-order valence-corrected chi connectivity index (χ0v) is 12.1. The lowest BCUT2D eigenvalue weighted by Gasteiger charge is -2.10. The molecule has 0 saturated carbocycles. The molecule has 2 rings (SSSR count). The van der Waals surface area contributed by atoms with Crippen LogP contribution in [-0.2, 0) is 0 Å². The van der Waals surface area contributed by atoms with Crippen molar-refractivity contribution in [2.75, 3.05) is 11.1 Å². The summed E-state index contributed by atoms with van der Waals surface area (Å²) in [6.07, 6.45) is 0. The molecule has 0 fully saturated rings. The van der Waals surface area contributed by atoms with Gasteiger partial charge in [0.15, 0.2) is 0 Å². The van der Waals surface area contributed by atoms with E-state index in [1.54, 1.807) is 12.1 Å². The summed E-state index contributed by atoms with van der Waals surface area (Å²) in [5, 5.41) is 2.94. The molecule has 0 heterocycles. The Morgan fingerprint density at radius 2 is 1.86 bits per heavy atom. The smallest absolute Gasteiger partial charge is 0.257 e. The summed E-state index contributed by atoms with van der Waals surface area (Å²) < 4.78 is 0. The Morgan fingerprint density at radius 1 is 1.14 bits per heavy atom. The van der Waals surface area contributed by atoms with Crippen molar-refractivity contribution in [3.05, 3.63) is 58.1 Å². The molecule has 21 heavy (non-hydrogen) atoms. The van der Waals surface area contributed by atoms with E-state index in [1.165, 1.54) is 18.2 Å². The number of anilines is 2. The van der Waals surface area contributed by atoms with E-state index in [1.807, 2.05) is 13.0 Å². The molecule has 0 saturated heterocycles. The summed E-state index contributed by atoms with van der Waals surface area (Å²) in [7, 11) is 0. The van der Waals surface area contributed by atoms with E-state index in [2.05, 4.69) is 5.32 Å². The van der Waals surface area contributed by atoms with Crippen LogP contribution in [0.5, 0.6) is 0 Å². The number of amides is 2. The molecule has 108 valence electrons. The third kappa shape index (κ3) is 3.32. The molecule has 0 radical (unpaired) electrons. The van der Waals surface area contributed by atoms with Crippen molar-refractivity contribution in [1.29, 1.82) is 0 Å². The molecule has 0 atom stereocenters. The lowest BCUT2D eigenvalue weighted by atomic mass is 10.1. The molecule has 0 unspecified atom stereocenters. The first kappa shape index (κ1) is 14.9. The summed E-state index contributed by atoms with van der Waals surface area (Å²) in [4.78, 5) is 23.4. The molecule has 0 aliphatic carbocycles. The number of hydrogen-bond donors (Lipinski definition) is 3. The lowest BCUT2D eigenvalue weighted by Crippen LogP contribution is -2.16. The number of benzene rings is 2. The Labute approximate surface area is 126 Å². The van der Waals surface area contributed by atoms with Gasteiger partial charge in [0.25, 0.3) is 5.91 Å². The Balaban J connectivity index is 2.33. The molecule has 2 aromatic rings. The molecule has 0 aromatic heterocycles. The number of aryl methyl sites for hydroxylation is 1. The third-order valence-corrected chi connectivity index (χ3v) is 3.28. The van der Waals surface area contributed by atoms with Crippen LogP contribution in [0.4, 0.5) is 11.4 Å². The Bertz CT molecular complexity index is 729. The minimum Gasteiger partial charge on any atom is -0.398 e. The van der Waals surface area contributed by atoms with E-state index >= 15 is 0 Å². The van der Waals surface area contributed by atoms with Crippen LogP contribution < -0.4 is 16.8 Å². The van der Waals surface area contributed by atoms with Gasteiger partial charge in [-0.15, -0.1) is 0 Å². The normalized spacial score (nSPS) is 10.2. The Hall–Kier alpha value is -2.53. The Kier molecular flexibility index (Phi) is 4.14. The first-order valence-corrected chi connectivity index (χ1v) is 6.53. The molecule has 0 aliphatic heterocycles. The molecule has 0 spiro atoms. The minimum atomic E-state index is -0.600. The van der Waals surface area contributed by atoms with E-state index in [4.69, 9.17) is 23.1 Å². The highest BCUT2D eigenvalue weighted by Gasteiger charge is 2.13. The highest BCUT2D eigenvalue weighted by molar-refractivity contribution is 6.34. The summed E-state index contributed by atoms with van der Waals surface area (Å²) in [6.45, 7) is 1.86. The first-order chi connectivity index (χ1) is 9.88. The zero-order chi connectivity index (χ0) is 15.6. The second-order valence-electron chi connectivity index (χ2n) is 4.60. The average molecular weight is 304 g/mol. The van der Waals surface area contributed by atoms with Crippen LogP contribution >= 0.6 is 11.6 Å². The van der Waals surface area contributed by atoms with Gasteiger partial charge in [-0.3, -0.25) is 9.59 Å². The topological polar surface area (TPSA) is 98.2 Å². The maximum atomic E-state index is 12.3. The number of carbonyl (C=O) groups excluding carboxylic acids is 2. The van der Waals surface area contributed by atoms with E-state index in [9.17, 15) is 9.59 Å².